The largest absolute Gasteiger partial charge is 0.329 e. The van der Waals surface area contributed by atoms with Crippen LogP contribution in [0.1, 0.15) is 66.5 Å². The number of aryl methyl sites for hydroxylation is 1. The Hall–Kier alpha value is -3.73. The molecule has 0 saturated carbocycles. The van der Waals surface area contributed by atoms with E-state index in [9.17, 15) is 9.59 Å². The van der Waals surface area contributed by atoms with Gasteiger partial charge in [-0.05, 0) is 49.6 Å². The lowest BCUT2D eigenvalue weighted by Crippen LogP contribution is -2.39. The van der Waals surface area contributed by atoms with Crippen molar-refractivity contribution in [2.75, 3.05) is 6.54 Å². The van der Waals surface area contributed by atoms with E-state index >= 15 is 0 Å². The summed E-state index contributed by atoms with van der Waals surface area (Å²) >= 11 is 0. The number of unbranched alkanes of at least 4 members (excludes halogenated alkanes) is 2. The average Bonchev–Trinajstić information content (AvgIpc) is 2.88. The van der Waals surface area contributed by atoms with E-state index in [0.717, 1.165) is 30.4 Å². The van der Waals surface area contributed by atoms with Gasteiger partial charge in [0.2, 0.25) is 0 Å². The van der Waals surface area contributed by atoms with Crippen molar-refractivity contribution in [2.24, 2.45) is 0 Å². The topological polar surface area (TPSA) is 55.2 Å². The van der Waals surface area contributed by atoms with E-state index < -0.39 is 0 Å². The van der Waals surface area contributed by atoms with Crippen molar-refractivity contribution < 1.29 is 4.79 Å². The van der Waals surface area contributed by atoms with Gasteiger partial charge in [-0.25, -0.2) is 4.98 Å². The Morgan fingerprint density at radius 3 is 2.37 bits per heavy atom. The zero-order valence-electron chi connectivity index (χ0n) is 20.8. The minimum absolute atomic E-state index is 0.0274. The van der Waals surface area contributed by atoms with Crippen LogP contribution < -0.4 is 5.56 Å². The molecule has 0 fully saturated rings. The Morgan fingerprint density at radius 1 is 0.943 bits per heavy atom. The zero-order chi connectivity index (χ0) is 24.8. The lowest BCUT2D eigenvalue weighted by Gasteiger charge is -2.31. The summed E-state index contributed by atoms with van der Waals surface area (Å²) in [5.41, 5.74) is 3.22. The van der Waals surface area contributed by atoms with Gasteiger partial charge in [0.15, 0.2) is 0 Å². The number of hydrogen-bond acceptors (Lipinski definition) is 3. The summed E-state index contributed by atoms with van der Waals surface area (Å²) < 4.78 is 1.74. The van der Waals surface area contributed by atoms with Crippen LogP contribution in [-0.2, 0) is 6.54 Å². The van der Waals surface area contributed by atoms with Crippen molar-refractivity contribution in [3.05, 3.63) is 112 Å². The van der Waals surface area contributed by atoms with Crippen LogP contribution in [0.5, 0.6) is 0 Å². The maximum absolute atomic E-state index is 13.8. The van der Waals surface area contributed by atoms with Crippen LogP contribution >= 0.6 is 0 Å². The molecular weight excluding hydrogens is 434 g/mol. The number of fused-ring (bicyclic) bond motifs is 1. The molecule has 5 nitrogen and oxygen atoms in total. The summed E-state index contributed by atoms with van der Waals surface area (Å²) in [5.74, 6) is 0.580. The molecule has 5 heteroatoms. The van der Waals surface area contributed by atoms with Crippen LogP contribution in [0.2, 0.25) is 0 Å². The van der Waals surface area contributed by atoms with Crippen LogP contribution in [0.3, 0.4) is 0 Å². The van der Waals surface area contributed by atoms with Gasteiger partial charge in [0.1, 0.15) is 5.82 Å². The highest BCUT2D eigenvalue weighted by atomic mass is 16.2. The summed E-state index contributed by atoms with van der Waals surface area (Å²) in [6.07, 6.45) is 2.99. The summed E-state index contributed by atoms with van der Waals surface area (Å²) in [7, 11) is 0. The highest BCUT2D eigenvalue weighted by Gasteiger charge is 2.27. The maximum Gasteiger partial charge on any atom is 0.261 e. The first-order valence-electron chi connectivity index (χ1n) is 12.4. The van der Waals surface area contributed by atoms with Crippen LogP contribution in [0.15, 0.2) is 83.7 Å². The smallest absolute Gasteiger partial charge is 0.261 e. The number of benzene rings is 3. The van der Waals surface area contributed by atoms with E-state index in [2.05, 4.69) is 6.92 Å². The van der Waals surface area contributed by atoms with Gasteiger partial charge < -0.3 is 4.90 Å². The number of hydrogen-bond donors (Lipinski definition) is 0. The molecule has 3 aromatic carbocycles. The van der Waals surface area contributed by atoms with Crippen LogP contribution in [0, 0.1) is 6.92 Å². The quantitative estimate of drug-likeness (QED) is 0.278. The zero-order valence-corrected chi connectivity index (χ0v) is 20.8. The fraction of sp³-hybridized carbons (Fsp3) is 0.300. The predicted molar refractivity (Wildman–Crippen MR) is 142 cm³/mol. The Morgan fingerprint density at radius 2 is 1.63 bits per heavy atom. The molecule has 1 atom stereocenters. The summed E-state index contributed by atoms with van der Waals surface area (Å²) in [4.78, 5) is 34.3. The molecule has 1 aromatic heterocycles. The molecule has 1 unspecified atom stereocenters. The number of amides is 1. The molecule has 0 saturated heterocycles. The number of aromatic nitrogens is 2. The van der Waals surface area contributed by atoms with Crippen LogP contribution in [0.4, 0.5) is 0 Å². The molecule has 0 bridgehead atoms. The summed E-state index contributed by atoms with van der Waals surface area (Å²) in [6.45, 7) is 7.11. The van der Waals surface area contributed by atoms with Crippen molar-refractivity contribution in [3.8, 4) is 0 Å². The Balaban J connectivity index is 1.83. The molecule has 4 aromatic rings. The molecule has 1 amide bonds. The highest BCUT2D eigenvalue weighted by Crippen LogP contribution is 2.24. The van der Waals surface area contributed by atoms with Crippen molar-refractivity contribution in [2.45, 2.75) is 52.6 Å². The lowest BCUT2D eigenvalue weighted by atomic mass is 10.1. The Bertz CT molecular complexity index is 1360. The molecule has 0 radical (unpaired) electrons. The second-order valence-electron chi connectivity index (χ2n) is 9.06. The molecule has 0 aliphatic carbocycles. The molecule has 0 aliphatic heterocycles. The molecule has 35 heavy (non-hydrogen) atoms. The number of carbonyl (C=O) groups excluding carboxylic acids is 1. The lowest BCUT2D eigenvalue weighted by molar-refractivity contribution is 0.0674. The monoisotopic (exact) mass is 467 g/mol. The maximum atomic E-state index is 13.8. The van der Waals surface area contributed by atoms with E-state index in [1.54, 1.807) is 4.57 Å². The third kappa shape index (κ3) is 5.35. The first kappa shape index (κ1) is 24.4. The SMILES string of the molecule is CCCCCN(C(=O)c1ccccc1C)C(C)c1nc2ccccc2c(=O)n1Cc1ccccc1. The summed E-state index contributed by atoms with van der Waals surface area (Å²) in [6, 6.07) is 24.7. The molecule has 0 spiro atoms. The highest BCUT2D eigenvalue weighted by molar-refractivity contribution is 5.95. The van der Waals surface area contributed by atoms with Gasteiger partial charge in [-0.2, -0.15) is 0 Å². The molecule has 4 rings (SSSR count). The second-order valence-corrected chi connectivity index (χ2v) is 9.06. The normalized spacial score (nSPS) is 12.0. The van der Waals surface area contributed by atoms with Gasteiger partial charge >= 0.3 is 0 Å². The van der Waals surface area contributed by atoms with E-state index in [1.807, 2.05) is 97.6 Å². The van der Waals surface area contributed by atoms with E-state index in [4.69, 9.17) is 4.98 Å². The number of nitrogens with zero attached hydrogens (tertiary/aromatic N) is 3. The van der Waals surface area contributed by atoms with Gasteiger partial charge in [-0.1, -0.05) is 80.4 Å². The van der Waals surface area contributed by atoms with Gasteiger partial charge in [0.25, 0.3) is 11.5 Å². The van der Waals surface area contributed by atoms with E-state index in [1.165, 1.54) is 0 Å². The fourth-order valence-corrected chi connectivity index (χ4v) is 4.53. The van der Waals surface area contributed by atoms with Gasteiger partial charge in [0.05, 0.1) is 23.5 Å². The van der Waals surface area contributed by atoms with Gasteiger partial charge in [-0.15, -0.1) is 0 Å². The fourth-order valence-electron chi connectivity index (χ4n) is 4.53. The van der Waals surface area contributed by atoms with Gasteiger partial charge in [-0.3, -0.25) is 14.2 Å². The number of rotatable bonds is 9. The molecule has 0 aliphatic rings. The third-order valence-corrected chi connectivity index (χ3v) is 6.55. The van der Waals surface area contributed by atoms with E-state index in [0.29, 0.717) is 35.4 Å². The van der Waals surface area contributed by atoms with Crippen LogP contribution in [-0.4, -0.2) is 26.9 Å². The van der Waals surface area contributed by atoms with Crippen molar-refractivity contribution in [3.63, 3.8) is 0 Å². The van der Waals surface area contributed by atoms with Crippen molar-refractivity contribution in [1.29, 1.82) is 0 Å². The van der Waals surface area contributed by atoms with Crippen molar-refractivity contribution in [1.82, 2.24) is 14.5 Å². The number of para-hydroxylation sites is 1. The van der Waals surface area contributed by atoms with E-state index in [-0.39, 0.29) is 17.5 Å². The minimum Gasteiger partial charge on any atom is -0.329 e. The Labute approximate surface area is 207 Å². The van der Waals surface area contributed by atoms with Crippen molar-refractivity contribution >= 4 is 16.8 Å². The molecule has 1 heterocycles. The van der Waals surface area contributed by atoms with Gasteiger partial charge in [0, 0.05) is 12.1 Å². The first-order valence-corrected chi connectivity index (χ1v) is 12.4. The molecule has 180 valence electrons. The third-order valence-electron chi connectivity index (χ3n) is 6.55. The van der Waals surface area contributed by atoms with Crippen LogP contribution in [0.25, 0.3) is 10.9 Å². The predicted octanol–water partition coefficient (Wildman–Crippen LogP) is 6.15. The first-order chi connectivity index (χ1) is 17.0. The standard InChI is InChI=1S/C30H33N3O2/c1-4-5-13-20-32(29(34)25-17-10-9-14-22(25)2)23(3)28-31-27-19-12-11-18-26(27)30(35)33(28)21-24-15-7-6-8-16-24/h6-12,14-19,23H,4-5,13,20-21H2,1-3H3. The number of carbonyl (C=O) groups is 1. The minimum atomic E-state index is -0.375. The average molecular weight is 468 g/mol. The molecule has 0 N–H and O–H groups in total. The molecular formula is C30H33N3O2. The second kappa shape index (κ2) is 11.1. The summed E-state index contributed by atoms with van der Waals surface area (Å²) in [5, 5.41) is 0.585. The Kier molecular flexibility index (Phi) is 7.76.